The van der Waals surface area contributed by atoms with Gasteiger partial charge in [-0.2, -0.15) is 10.1 Å². The monoisotopic (exact) mass is 246 g/mol. The minimum atomic E-state index is 0.697. The molecular formula is C12H18N6. The second-order valence-electron chi connectivity index (χ2n) is 4.37. The van der Waals surface area contributed by atoms with E-state index >= 15 is 0 Å². The van der Waals surface area contributed by atoms with Crippen LogP contribution in [-0.2, 0) is 13.6 Å². The molecule has 0 aliphatic heterocycles. The third kappa shape index (κ3) is 2.58. The first-order valence-electron chi connectivity index (χ1n) is 5.79. The lowest BCUT2D eigenvalue weighted by molar-refractivity contribution is 0.738. The van der Waals surface area contributed by atoms with Gasteiger partial charge in [-0.15, -0.1) is 0 Å². The van der Waals surface area contributed by atoms with Crippen LogP contribution in [0.2, 0.25) is 0 Å². The summed E-state index contributed by atoms with van der Waals surface area (Å²) in [5, 5.41) is 7.49. The van der Waals surface area contributed by atoms with E-state index in [1.54, 1.807) is 6.20 Å². The van der Waals surface area contributed by atoms with E-state index in [9.17, 15) is 0 Å². The smallest absolute Gasteiger partial charge is 0.226 e. The van der Waals surface area contributed by atoms with Gasteiger partial charge in [0.1, 0.15) is 5.82 Å². The maximum absolute atomic E-state index is 4.40. The lowest BCUT2D eigenvalue weighted by Crippen LogP contribution is -2.13. The van der Waals surface area contributed by atoms with Crippen molar-refractivity contribution in [1.82, 2.24) is 19.7 Å². The van der Waals surface area contributed by atoms with Gasteiger partial charge in [0.05, 0.1) is 6.20 Å². The largest absolute Gasteiger partial charge is 0.366 e. The maximum atomic E-state index is 4.40. The Morgan fingerprint density at radius 2 is 2.17 bits per heavy atom. The van der Waals surface area contributed by atoms with Gasteiger partial charge in [-0.25, -0.2) is 4.98 Å². The van der Waals surface area contributed by atoms with E-state index in [1.165, 1.54) is 5.56 Å². The van der Waals surface area contributed by atoms with Gasteiger partial charge in [-0.1, -0.05) is 0 Å². The fourth-order valence-corrected chi connectivity index (χ4v) is 1.57. The molecule has 0 aliphatic carbocycles. The van der Waals surface area contributed by atoms with E-state index in [0.29, 0.717) is 12.5 Å². The molecule has 0 aromatic carbocycles. The summed E-state index contributed by atoms with van der Waals surface area (Å²) >= 11 is 0. The Morgan fingerprint density at radius 1 is 1.39 bits per heavy atom. The molecule has 2 heterocycles. The summed E-state index contributed by atoms with van der Waals surface area (Å²) in [6.07, 6.45) is 3.62. The Hall–Kier alpha value is -2.11. The highest BCUT2D eigenvalue weighted by molar-refractivity contribution is 5.41. The van der Waals surface area contributed by atoms with E-state index in [2.05, 4.69) is 27.3 Å². The standard InChI is InChI=1S/C12H18N6/c1-9-10(8-15-18(9)4)7-14-11-5-6-13-12(16-11)17(2)3/h5-6,8H,7H2,1-4H3,(H,13,14,16). The number of aryl methyl sites for hydroxylation is 1. The van der Waals surface area contributed by atoms with Gasteiger partial charge in [0.25, 0.3) is 0 Å². The predicted molar refractivity (Wildman–Crippen MR) is 71.6 cm³/mol. The zero-order chi connectivity index (χ0) is 13.1. The summed E-state index contributed by atoms with van der Waals surface area (Å²) < 4.78 is 1.86. The lowest BCUT2D eigenvalue weighted by atomic mass is 10.2. The molecule has 0 atom stereocenters. The molecule has 0 radical (unpaired) electrons. The van der Waals surface area contributed by atoms with Crippen LogP contribution in [0, 0.1) is 6.92 Å². The Labute approximate surface area is 107 Å². The fraction of sp³-hybridized carbons (Fsp3) is 0.417. The second kappa shape index (κ2) is 5.03. The topological polar surface area (TPSA) is 58.9 Å². The van der Waals surface area contributed by atoms with Crippen LogP contribution in [0.15, 0.2) is 18.5 Å². The number of aromatic nitrogens is 4. The predicted octanol–water partition coefficient (Wildman–Crippen LogP) is 1.20. The van der Waals surface area contributed by atoms with Crippen molar-refractivity contribution < 1.29 is 0 Å². The lowest BCUT2D eigenvalue weighted by Gasteiger charge is -2.11. The maximum Gasteiger partial charge on any atom is 0.226 e. The molecule has 6 nitrogen and oxygen atoms in total. The first-order chi connectivity index (χ1) is 8.58. The molecule has 0 spiro atoms. The third-order valence-corrected chi connectivity index (χ3v) is 2.84. The van der Waals surface area contributed by atoms with Gasteiger partial charge in [-0.3, -0.25) is 4.68 Å². The van der Waals surface area contributed by atoms with Crippen molar-refractivity contribution in [3.8, 4) is 0 Å². The van der Waals surface area contributed by atoms with E-state index in [0.717, 1.165) is 11.5 Å². The summed E-state index contributed by atoms with van der Waals surface area (Å²) in [5.74, 6) is 1.51. The van der Waals surface area contributed by atoms with Gasteiger partial charge in [0.2, 0.25) is 5.95 Å². The van der Waals surface area contributed by atoms with Gasteiger partial charge in [0, 0.05) is 45.1 Å². The Balaban J connectivity index is 2.06. The first kappa shape index (κ1) is 12.3. The average Bonchev–Trinajstić information content (AvgIpc) is 2.68. The molecule has 0 unspecified atom stereocenters. The summed E-state index contributed by atoms with van der Waals surface area (Å²) in [5.41, 5.74) is 2.33. The molecule has 18 heavy (non-hydrogen) atoms. The highest BCUT2D eigenvalue weighted by atomic mass is 15.3. The fourth-order valence-electron chi connectivity index (χ4n) is 1.57. The molecule has 2 aromatic heterocycles. The van der Waals surface area contributed by atoms with Crippen LogP contribution in [0.5, 0.6) is 0 Å². The highest BCUT2D eigenvalue weighted by Gasteiger charge is 2.05. The summed E-state index contributed by atoms with van der Waals surface area (Å²) in [7, 11) is 5.78. The molecule has 0 saturated carbocycles. The Kier molecular flexibility index (Phi) is 3.45. The molecule has 0 amide bonds. The van der Waals surface area contributed by atoms with Crippen molar-refractivity contribution in [2.24, 2.45) is 7.05 Å². The molecule has 2 aromatic rings. The SMILES string of the molecule is Cc1c(CNc2ccnc(N(C)C)n2)cnn1C. The van der Waals surface area contributed by atoms with Crippen LogP contribution < -0.4 is 10.2 Å². The molecule has 2 rings (SSSR count). The molecule has 0 aliphatic rings. The first-order valence-corrected chi connectivity index (χ1v) is 5.79. The number of nitrogens with one attached hydrogen (secondary N) is 1. The molecular weight excluding hydrogens is 228 g/mol. The number of hydrogen-bond donors (Lipinski definition) is 1. The van der Waals surface area contributed by atoms with Crippen LogP contribution >= 0.6 is 0 Å². The van der Waals surface area contributed by atoms with E-state index < -0.39 is 0 Å². The van der Waals surface area contributed by atoms with E-state index in [-0.39, 0.29) is 0 Å². The quantitative estimate of drug-likeness (QED) is 0.878. The number of nitrogens with zero attached hydrogens (tertiary/aromatic N) is 5. The number of hydrogen-bond acceptors (Lipinski definition) is 5. The Morgan fingerprint density at radius 3 is 2.78 bits per heavy atom. The second-order valence-corrected chi connectivity index (χ2v) is 4.37. The van der Waals surface area contributed by atoms with Crippen molar-refractivity contribution >= 4 is 11.8 Å². The van der Waals surface area contributed by atoms with Crippen LogP contribution in [0.4, 0.5) is 11.8 Å². The highest BCUT2D eigenvalue weighted by Crippen LogP contribution is 2.11. The Bertz CT molecular complexity index is 531. The third-order valence-electron chi connectivity index (χ3n) is 2.84. The van der Waals surface area contributed by atoms with Gasteiger partial charge in [0.15, 0.2) is 0 Å². The van der Waals surface area contributed by atoms with Crippen molar-refractivity contribution in [2.45, 2.75) is 13.5 Å². The molecule has 96 valence electrons. The van der Waals surface area contributed by atoms with Gasteiger partial charge >= 0.3 is 0 Å². The minimum absolute atomic E-state index is 0.697. The zero-order valence-electron chi connectivity index (χ0n) is 11.2. The number of rotatable bonds is 4. The van der Waals surface area contributed by atoms with Crippen molar-refractivity contribution in [1.29, 1.82) is 0 Å². The van der Waals surface area contributed by atoms with Crippen molar-refractivity contribution in [3.63, 3.8) is 0 Å². The average molecular weight is 246 g/mol. The van der Waals surface area contributed by atoms with Crippen LogP contribution in [-0.4, -0.2) is 33.8 Å². The summed E-state index contributed by atoms with van der Waals surface area (Å²) in [6.45, 7) is 2.76. The van der Waals surface area contributed by atoms with Crippen LogP contribution in [0.25, 0.3) is 0 Å². The zero-order valence-corrected chi connectivity index (χ0v) is 11.2. The van der Waals surface area contributed by atoms with E-state index in [1.807, 2.05) is 43.0 Å². The molecule has 0 fully saturated rings. The van der Waals surface area contributed by atoms with Crippen molar-refractivity contribution in [3.05, 3.63) is 29.7 Å². The molecule has 0 bridgehead atoms. The molecule has 0 saturated heterocycles. The summed E-state index contributed by atoms with van der Waals surface area (Å²) in [4.78, 5) is 10.4. The van der Waals surface area contributed by atoms with Crippen LogP contribution in [0.3, 0.4) is 0 Å². The minimum Gasteiger partial charge on any atom is -0.366 e. The number of anilines is 2. The van der Waals surface area contributed by atoms with Crippen molar-refractivity contribution in [2.75, 3.05) is 24.3 Å². The summed E-state index contributed by atoms with van der Waals surface area (Å²) in [6, 6.07) is 1.86. The van der Waals surface area contributed by atoms with Gasteiger partial charge < -0.3 is 10.2 Å². The normalized spacial score (nSPS) is 10.4. The molecule has 6 heteroatoms. The van der Waals surface area contributed by atoms with E-state index in [4.69, 9.17) is 0 Å². The van der Waals surface area contributed by atoms with Gasteiger partial charge in [-0.05, 0) is 13.0 Å². The van der Waals surface area contributed by atoms with Crippen LogP contribution in [0.1, 0.15) is 11.3 Å². The molecule has 1 N–H and O–H groups in total.